The molecule has 0 spiro atoms. The van der Waals surface area contributed by atoms with Crippen LogP contribution in [0.15, 0.2) is 41.5 Å². The van der Waals surface area contributed by atoms with E-state index in [1.165, 1.54) is 30.5 Å². The van der Waals surface area contributed by atoms with Gasteiger partial charge in [-0.25, -0.2) is 4.98 Å². The first-order valence-corrected chi connectivity index (χ1v) is 8.78. The van der Waals surface area contributed by atoms with Crippen LogP contribution in [0.25, 0.3) is 5.69 Å². The zero-order valence-corrected chi connectivity index (χ0v) is 15.4. The predicted molar refractivity (Wildman–Crippen MR) is 100 cm³/mol. The monoisotopic (exact) mass is 391 g/mol. The van der Waals surface area contributed by atoms with Crippen LogP contribution in [0.3, 0.4) is 0 Å². The molecule has 1 aromatic carbocycles. The molecule has 3 aromatic rings. The maximum atomic E-state index is 12.5. The first kappa shape index (κ1) is 18.0. The summed E-state index contributed by atoms with van der Waals surface area (Å²) >= 11 is 7.76. The van der Waals surface area contributed by atoms with Crippen molar-refractivity contribution in [3.8, 4) is 5.69 Å². The van der Waals surface area contributed by atoms with Gasteiger partial charge in [-0.05, 0) is 26.0 Å². The van der Waals surface area contributed by atoms with Crippen LogP contribution in [0.5, 0.6) is 0 Å². The third-order valence-electron chi connectivity index (χ3n) is 3.61. The lowest BCUT2D eigenvalue weighted by molar-refractivity contribution is -0.384. The van der Waals surface area contributed by atoms with Gasteiger partial charge in [0.2, 0.25) is 0 Å². The molecule has 0 aliphatic heterocycles. The summed E-state index contributed by atoms with van der Waals surface area (Å²) in [4.78, 5) is 28.1. The number of hydrogen-bond donors (Lipinski definition) is 1. The molecule has 1 atom stereocenters. The number of thiazole rings is 1. The minimum absolute atomic E-state index is 0.0153. The number of non-ortho nitro benzene ring substituents is 1. The van der Waals surface area contributed by atoms with E-state index in [4.69, 9.17) is 11.6 Å². The topological polar surface area (TPSA) is 103 Å². The molecule has 0 radical (unpaired) electrons. The highest BCUT2D eigenvalue weighted by Crippen LogP contribution is 2.26. The Kier molecular flexibility index (Phi) is 5.01. The van der Waals surface area contributed by atoms with Gasteiger partial charge in [0.1, 0.15) is 10.0 Å². The van der Waals surface area contributed by atoms with Gasteiger partial charge in [0, 0.05) is 23.2 Å². The fraction of sp³-hybridized carbons (Fsp3) is 0.188. The van der Waals surface area contributed by atoms with Crippen molar-refractivity contribution < 1.29 is 4.92 Å². The van der Waals surface area contributed by atoms with Crippen LogP contribution >= 0.6 is 22.9 Å². The minimum Gasteiger partial charge on any atom is -0.373 e. The first-order chi connectivity index (χ1) is 12.4. The van der Waals surface area contributed by atoms with Crippen molar-refractivity contribution in [2.75, 3.05) is 5.32 Å². The molecule has 2 aromatic heterocycles. The number of halogens is 1. The molecule has 0 saturated carbocycles. The summed E-state index contributed by atoms with van der Waals surface area (Å²) in [5.41, 5.74) is 0.194. The molecular weight excluding hydrogens is 378 g/mol. The molecule has 1 unspecified atom stereocenters. The molecule has 0 saturated heterocycles. The smallest absolute Gasteiger partial charge is 0.292 e. The van der Waals surface area contributed by atoms with Gasteiger partial charge in [-0.2, -0.15) is 9.78 Å². The maximum absolute atomic E-state index is 12.5. The Morgan fingerprint density at radius 3 is 2.58 bits per heavy atom. The van der Waals surface area contributed by atoms with Crippen molar-refractivity contribution in [3.05, 3.63) is 72.0 Å². The van der Waals surface area contributed by atoms with Crippen molar-refractivity contribution in [1.82, 2.24) is 14.8 Å². The Hall–Kier alpha value is -2.78. The third kappa shape index (κ3) is 3.58. The number of hydrogen-bond acceptors (Lipinski definition) is 7. The van der Waals surface area contributed by atoms with E-state index >= 15 is 0 Å². The van der Waals surface area contributed by atoms with Crippen LogP contribution in [0.2, 0.25) is 5.02 Å². The van der Waals surface area contributed by atoms with Crippen LogP contribution in [0, 0.1) is 17.0 Å². The largest absolute Gasteiger partial charge is 0.373 e. The van der Waals surface area contributed by atoms with E-state index in [1.807, 2.05) is 13.8 Å². The van der Waals surface area contributed by atoms with Crippen molar-refractivity contribution in [1.29, 1.82) is 0 Å². The number of nitro groups is 1. The summed E-state index contributed by atoms with van der Waals surface area (Å²) in [6.07, 6.45) is 3.23. The molecule has 0 fully saturated rings. The molecule has 0 aliphatic rings. The number of rotatable bonds is 5. The second-order valence-corrected chi connectivity index (χ2v) is 7.18. The molecule has 0 aliphatic carbocycles. The molecule has 1 N–H and O–H groups in total. The minimum atomic E-state index is -0.520. The quantitative estimate of drug-likeness (QED) is 0.525. The zero-order valence-electron chi connectivity index (χ0n) is 13.8. The number of nitrogens with one attached hydrogen (secondary N) is 1. The number of nitrogens with zero attached hydrogens (tertiary/aromatic N) is 4. The molecule has 26 heavy (non-hydrogen) atoms. The summed E-state index contributed by atoms with van der Waals surface area (Å²) in [5, 5.41) is 18.8. The second kappa shape index (κ2) is 7.22. The summed E-state index contributed by atoms with van der Waals surface area (Å²) < 4.78 is 1.09. The number of benzene rings is 1. The van der Waals surface area contributed by atoms with E-state index < -0.39 is 10.5 Å². The fourth-order valence-corrected chi connectivity index (χ4v) is 3.26. The highest BCUT2D eigenvalue weighted by molar-refractivity contribution is 7.11. The van der Waals surface area contributed by atoms with Gasteiger partial charge < -0.3 is 5.32 Å². The van der Waals surface area contributed by atoms with E-state index in [2.05, 4.69) is 15.4 Å². The van der Waals surface area contributed by atoms with E-state index in [0.717, 1.165) is 14.6 Å². The molecule has 2 heterocycles. The highest BCUT2D eigenvalue weighted by Gasteiger charge is 2.15. The molecule has 0 amide bonds. The van der Waals surface area contributed by atoms with E-state index in [0.29, 0.717) is 11.4 Å². The molecular formula is C16H14ClN5O3S. The van der Waals surface area contributed by atoms with Gasteiger partial charge in [0.15, 0.2) is 0 Å². The number of aryl methyl sites for hydroxylation is 1. The van der Waals surface area contributed by atoms with Gasteiger partial charge >= 0.3 is 0 Å². The zero-order chi connectivity index (χ0) is 18.8. The second-order valence-electron chi connectivity index (χ2n) is 5.54. The Morgan fingerprint density at radius 1 is 1.31 bits per heavy atom. The van der Waals surface area contributed by atoms with Crippen molar-refractivity contribution in [2.24, 2.45) is 0 Å². The van der Waals surface area contributed by atoms with Crippen LogP contribution in [-0.4, -0.2) is 19.7 Å². The average Bonchev–Trinajstić information content (AvgIpc) is 3.06. The number of aromatic nitrogens is 3. The maximum Gasteiger partial charge on any atom is 0.292 e. The van der Waals surface area contributed by atoms with Crippen LogP contribution in [-0.2, 0) is 0 Å². The highest BCUT2D eigenvalue weighted by atomic mass is 35.5. The normalized spacial score (nSPS) is 12.0. The lowest BCUT2D eigenvalue weighted by Crippen LogP contribution is -2.23. The van der Waals surface area contributed by atoms with E-state index in [9.17, 15) is 14.9 Å². The molecule has 3 rings (SSSR count). The van der Waals surface area contributed by atoms with Gasteiger partial charge in [0.25, 0.3) is 11.2 Å². The standard InChI is InChI=1S/C16H14ClN5O3S/c1-9-7-18-15(26-9)10(2)20-13-8-19-21(16(23)14(13)17)11-3-5-12(6-4-11)22(24)25/h3-8,10,20H,1-2H3. The Labute approximate surface area is 157 Å². The van der Waals surface area contributed by atoms with E-state index in [-0.39, 0.29) is 16.8 Å². The lowest BCUT2D eigenvalue weighted by atomic mass is 10.3. The molecule has 10 heteroatoms. The van der Waals surface area contributed by atoms with E-state index in [1.54, 1.807) is 17.5 Å². The summed E-state index contributed by atoms with van der Waals surface area (Å²) in [7, 11) is 0. The van der Waals surface area contributed by atoms with Crippen molar-refractivity contribution in [3.63, 3.8) is 0 Å². The summed E-state index contributed by atoms with van der Waals surface area (Å²) in [5.74, 6) is 0. The van der Waals surface area contributed by atoms with Gasteiger partial charge in [-0.3, -0.25) is 14.9 Å². The molecule has 0 bridgehead atoms. The van der Waals surface area contributed by atoms with Crippen LogP contribution < -0.4 is 10.9 Å². The van der Waals surface area contributed by atoms with Crippen LogP contribution in [0.4, 0.5) is 11.4 Å². The Balaban J connectivity index is 1.88. The number of nitro benzene ring substituents is 1. The summed E-state index contributed by atoms with van der Waals surface area (Å²) in [6.45, 7) is 3.88. The van der Waals surface area contributed by atoms with Crippen LogP contribution in [0.1, 0.15) is 22.9 Å². The molecule has 134 valence electrons. The van der Waals surface area contributed by atoms with Crippen molar-refractivity contribution in [2.45, 2.75) is 19.9 Å². The van der Waals surface area contributed by atoms with Gasteiger partial charge in [0.05, 0.1) is 28.5 Å². The average molecular weight is 392 g/mol. The predicted octanol–water partition coefficient (Wildman–Crippen LogP) is 3.73. The van der Waals surface area contributed by atoms with Gasteiger partial charge in [-0.15, -0.1) is 11.3 Å². The first-order valence-electron chi connectivity index (χ1n) is 7.58. The molecule has 8 nitrogen and oxygen atoms in total. The van der Waals surface area contributed by atoms with Crippen molar-refractivity contribution >= 4 is 34.3 Å². The summed E-state index contributed by atoms with van der Waals surface area (Å²) in [6, 6.07) is 5.35. The Bertz CT molecular complexity index is 1020. The third-order valence-corrected chi connectivity index (χ3v) is 5.07. The van der Waals surface area contributed by atoms with Gasteiger partial charge in [-0.1, -0.05) is 11.6 Å². The lowest BCUT2D eigenvalue weighted by Gasteiger charge is -2.14. The SMILES string of the molecule is Cc1cnc(C(C)Nc2cnn(-c3ccc([N+](=O)[O-])cc3)c(=O)c2Cl)s1. The number of anilines is 1. The fourth-order valence-electron chi connectivity index (χ4n) is 2.30. The Morgan fingerprint density at radius 2 is 2.00 bits per heavy atom.